The molecule has 3 N–H and O–H groups in total. The molecule has 0 fully saturated rings. The quantitative estimate of drug-likeness (QED) is 0.622. The van der Waals surface area contributed by atoms with Crippen LogP contribution in [0.15, 0.2) is 30.3 Å². The molecule has 0 spiro atoms. The highest BCUT2D eigenvalue weighted by Gasteiger charge is 2.11. The van der Waals surface area contributed by atoms with E-state index in [1.807, 2.05) is 30.3 Å². The van der Waals surface area contributed by atoms with Crippen molar-refractivity contribution in [3.8, 4) is 0 Å². The summed E-state index contributed by atoms with van der Waals surface area (Å²) in [6.45, 7) is 0.634. The maximum atomic E-state index is 10.9. The molecule has 0 aliphatic rings. The molecule has 1 rings (SSSR count). The standard InChI is InChI=1S/C10H14N2OS/c11-10(13)9(7-14)12-6-8-4-2-1-3-5-8/h1-5,9,12,14H,6-7H2,(H2,11,13)/t9-/m0/s1. The summed E-state index contributed by atoms with van der Waals surface area (Å²) in [7, 11) is 0. The Morgan fingerprint density at radius 2 is 2.07 bits per heavy atom. The topological polar surface area (TPSA) is 55.1 Å². The minimum Gasteiger partial charge on any atom is -0.368 e. The first-order valence-electron chi connectivity index (χ1n) is 4.41. The Hall–Kier alpha value is -1.00. The highest BCUT2D eigenvalue weighted by molar-refractivity contribution is 7.80. The highest BCUT2D eigenvalue weighted by Crippen LogP contribution is 1.98. The second-order valence-corrected chi connectivity index (χ2v) is 3.37. The molecule has 0 aromatic heterocycles. The van der Waals surface area contributed by atoms with Gasteiger partial charge in [-0.1, -0.05) is 30.3 Å². The van der Waals surface area contributed by atoms with Crippen molar-refractivity contribution in [2.24, 2.45) is 5.73 Å². The monoisotopic (exact) mass is 210 g/mol. The van der Waals surface area contributed by atoms with Crippen LogP contribution in [-0.2, 0) is 11.3 Å². The summed E-state index contributed by atoms with van der Waals surface area (Å²) in [5.41, 5.74) is 6.29. The van der Waals surface area contributed by atoms with Crippen molar-refractivity contribution in [2.45, 2.75) is 12.6 Å². The summed E-state index contributed by atoms with van der Waals surface area (Å²) < 4.78 is 0. The molecule has 3 nitrogen and oxygen atoms in total. The van der Waals surface area contributed by atoms with E-state index < -0.39 is 0 Å². The largest absolute Gasteiger partial charge is 0.368 e. The summed E-state index contributed by atoms with van der Waals surface area (Å²) in [5.74, 6) is 0.0539. The smallest absolute Gasteiger partial charge is 0.235 e. The molecule has 0 saturated heterocycles. The molecule has 0 bridgehead atoms. The average Bonchev–Trinajstić information content (AvgIpc) is 2.20. The van der Waals surface area contributed by atoms with Crippen LogP contribution >= 0.6 is 12.6 Å². The lowest BCUT2D eigenvalue weighted by Gasteiger charge is -2.12. The van der Waals surface area contributed by atoms with E-state index >= 15 is 0 Å². The summed E-state index contributed by atoms with van der Waals surface area (Å²) in [5, 5.41) is 3.03. The summed E-state index contributed by atoms with van der Waals surface area (Å²) in [4.78, 5) is 10.9. The third-order valence-electron chi connectivity index (χ3n) is 1.92. The summed E-state index contributed by atoms with van der Waals surface area (Å²) >= 11 is 4.04. The normalized spacial score (nSPS) is 12.4. The number of rotatable bonds is 5. The number of carbonyl (C=O) groups excluding carboxylic acids is 1. The predicted octanol–water partition coefficient (Wildman–Crippen LogP) is 0.560. The molecule has 0 unspecified atom stereocenters. The lowest BCUT2D eigenvalue weighted by Crippen LogP contribution is -2.42. The van der Waals surface area contributed by atoms with E-state index in [0.717, 1.165) is 5.56 Å². The number of thiol groups is 1. The second kappa shape index (κ2) is 5.67. The number of amides is 1. The first-order chi connectivity index (χ1) is 6.74. The summed E-state index contributed by atoms with van der Waals surface area (Å²) in [6.07, 6.45) is 0. The van der Waals surface area contributed by atoms with Gasteiger partial charge in [0.15, 0.2) is 0 Å². The van der Waals surface area contributed by atoms with Gasteiger partial charge in [0, 0.05) is 12.3 Å². The molecule has 1 atom stereocenters. The van der Waals surface area contributed by atoms with Crippen LogP contribution in [0.3, 0.4) is 0 Å². The van der Waals surface area contributed by atoms with Gasteiger partial charge in [0.05, 0.1) is 6.04 Å². The maximum absolute atomic E-state index is 10.9. The van der Waals surface area contributed by atoms with Crippen molar-refractivity contribution in [1.29, 1.82) is 0 Å². The zero-order chi connectivity index (χ0) is 10.4. The minimum atomic E-state index is -0.365. The van der Waals surface area contributed by atoms with Gasteiger partial charge >= 0.3 is 0 Å². The van der Waals surface area contributed by atoms with E-state index in [1.165, 1.54) is 0 Å². The van der Waals surface area contributed by atoms with Gasteiger partial charge in [-0.3, -0.25) is 4.79 Å². The average molecular weight is 210 g/mol. The minimum absolute atomic E-state index is 0.362. The first-order valence-corrected chi connectivity index (χ1v) is 5.04. The van der Waals surface area contributed by atoms with Crippen molar-refractivity contribution in [2.75, 3.05) is 5.75 Å². The van der Waals surface area contributed by atoms with Crippen molar-refractivity contribution in [3.05, 3.63) is 35.9 Å². The van der Waals surface area contributed by atoms with Crippen LogP contribution in [0.25, 0.3) is 0 Å². The zero-order valence-electron chi connectivity index (χ0n) is 7.81. The molecule has 0 aliphatic heterocycles. The van der Waals surface area contributed by atoms with E-state index in [9.17, 15) is 4.79 Å². The number of hydrogen-bond acceptors (Lipinski definition) is 3. The number of nitrogens with one attached hydrogen (secondary N) is 1. The first kappa shape index (κ1) is 11.1. The third-order valence-corrected chi connectivity index (χ3v) is 2.29. The van der Waals surface area contributed by atoms with Crippen molar-refractivity contribution in [1.82, 2.24) is 5.32 Å². The van der Waals surface area contributed by atoms with Gasteiger partial charge in [0.1, 0.15) is 0 Å². The Morgan fingerprint density at radius 3 is 2.57 bits per heavy atom. The molecule has 0 saturated carbocycles. The van der Waals surface area contributed by atoms with Crippen molar-refractivity contribution in [3.63, 3.8) is 0 Å². The van der Waals surface area contributed by atoms with Gasteiger partial charge in [-0.05, 0) is 5.56 Å². The van der Waals surface area contributed by atoms with Crippen molar-refractivity contribution >= 4 is 18.5 Å². The number of hydrogen-bond donors (Lipinski definition) is 3. The Kier molecular flexibility index (Phi) is 4.49. The lowest BCUT2D eigenvalue weighted by molar-refractivity contribution is -0.119. The zero-order valence-corrected chi connectivity index (χ0v) is 8.71. The molecular weight excluding hydrogens is 196 g/mol. The third kappa shape index (κ3) is 3.40. The van der Waals surface area contributed by atoms with E-state index in [0.29, 0.717) is 12.3 Å². The second-order valence-electron chi connectivity index (χ2n) is 3.00. The van der Waals surface area contributed by atoms with Crippen LogP contribution in [-0.4, -0.2) is 17.7 Å². The Morgan fingerprint density at radius 1 is 1.43 bits per heavy atom. The van der Waals surface area contributed by atoms with E-state index in [-0.39, 0.29) is 11.9 Å². The van der Waals surface area contributed by atoms with Gasteiger partial charge in [0.2, 0.25) is 5.91 Å². The van der Waals surface area contributed by atoms with Crippen LogP contribution in [0.5, 0.6) is 0 Å². The Balaban J connectivity index is 2.44. The van der Waals surface area contributed by atoms with Gasteiger partial charge in [-0.2, -0.15) is 12.6 Å². The predicted molar refractivity (Wildman–Crippen MR) is 60.1 cm³/mol. The summed E-state index contributed by atoms with van der Waals surface area (Å²) in [6, 6.07) is 9.48. The Labute approximate surface area is 89.1 Å². The highest BCUT2D eigenvalue weighted by atomic mass is 32.1. The molecule has 1 aromatic rings. The van der Waals surface area contributed by atoms with Gasteiger partial charge in [-0.15, -0.1) is 0 Å². The van der Waals surface area contributed by atoms with E-state index in [1.54, 1.807) is 0 Å². The van der Waals surface area contributed by atoms with Crippen LogP contribution in [0, 0.1) is 0 Å². The molecule has 1 aromatic carbocycles. The molecule has 1 amide bonds. The Bertz CT molecular complexity index is 289. The van der Waals surface area contributed by atoms with Gasteiger partial charge < -0.3 is 11.1 Å². The van der Waals surface area contributed by atoms with Gasteiger partial charge in [-0.25, -0.2) is 0 Å². The van der Waals surface area contributed by atoms with Crippen LogP contribution in [0.2, 0.25) is 0 Å². The molecule has 4 heteroatoms. The number of nitrogens with two attached hydrogens (primary N) is 1. The van der Waals surface area contributed by atoms with Crippen LogP contribution < -0.4 is 11.1 Å². The number of primary amides is 1. The van der Waals surface area contributed by atoms with Crippen LogP contribution in [0.1, 0.15) is 5.56 Å². The molecule has 0 heterocycles. The molecule has 76 valence electrons. The van der Waals surface area contributed by atoms with Crippen LogP contribution in [0.4, 0.5) is 0 Å². The fourth-order valence-corrected chi connectivity index (χ4v) is 1.40. The molecule has 0 aliphatic carbocycles. The number of carbonyl (C=O) groups is 1. The molecule has 0 radical (unpaired) electrons. The van der Waals surface area contributed by atoms with E-state index in [2.05, 4.69) is 17.9 Å². The number of benzene rings is 1. The fourth-order valence-electron chi connectivity index (χ4n) is 1.09. The maximum Gasteiger partial charge on any atom is 0.235 e. The molecular formula is C10H14N2OS. The van der Waals surface area contributed by atoms with Crippen molar-refractivity contribution < 1.29 is 4.79 Å². The lowest BCUT2D eigenvalue weighted by atomic mass is 10.2. The van der Waals surface area contributed by atoms with E-state index in [4.69, 9.17) is 5.73 Å². The fraction of sp³-hybridized carbons (Fsp3) is 0.300. The molecule has 14 heavy (non-hydrogen) atoms. The SMILES string of the molecule is NC(=O)[C@H](CS)NCc1ccccc1. The van der Waals surface area contributed by atoms with Gasteiger partial charge in [0.25, 0.3) is 0 Å².